The quantitative estimate of drug-likeness (QED) is 0.847. The van der Waals surface area contributed by atoms with Gasteiger partial charge in [-0.1, -0.05) is 18.2 Å². The number of nitrogens with zero attached hydrogens (tertiary/aromatic N) is 4. The Morgan fingerprint density at radius 2 is 1.92 bits per heavy atom. The lowest BCUT2D eigenvalue weighted by Gasteiger charge is -2.25. The van der Waals surface area contributed by atoms with Gasteiger partial charge in [-0.05, 0) is 30.1 Å². The van der Waals surface area contributed by atoms with Gasteiger partial charge in [0, 0.05) is 31.7 Å². The molecule has 7 nitrogen and oxygen atoms in total. The van der Waals surface area contributed by atoms with Gasteiger partial charge in [0.2, 0.25) is 5.91 Å². The molecule has 2 aliphatic rings. The Bertz CT molecular complexity index is 712. The van der Waals surface area contributed by atoms with Gasteiger partial charge in [0.25, 0.3) is 11.8 Å². The first kappa shape index (κ1) is 16.1. The van der Waals surface area contributed by atoms with E-state index in [1.54, 1.807) is 0 Å². The van der Waals surface area contributed by atoms with Crippen molar-refractivity contribution in [1.29, 1.82) is 0 Å². The van der Waals surface area contributed by atoms with E-state index in [9.17, 15) is 4.79 Å². The molecule has 2 fully saturated rings. The van der Waals surface area contributed by atoms with Crippen LogP contribution in [0.4, 0.5) is 5.95 Å². The van der Waals surface area contributed by atoms with Gasteiger partial charge < -0.3 is 19.1 Å². The number of aromatic nitrogens is 2. The molecule has 1 aromatic carbocycles. The van der Waals surface area contributed by atoms with Gasteiger partial charge in [-0.15, -0.1) is 0 Å². The zero-order valence-corrected chi connectivity index (χ0v) is 14.1. The summed E-state index contributed by atoms with van der Waals surface area (Å²) in [5.74, 6) is 1.00. The second-order valence-corrected chi connectivity index (χ2v) is 6.52. The van der Waals surface area contributed by atoms with Crippen LogP contribution in [-0.2, 0) is 9.53 Å². The molecule has 1 amide bonds. The van der Waals surface area contributed by atoms with Crippen LogP contribution in [0.25, 0.3) is 11.5 Å². The van der Waals surface area contributed by atoms with Crippen LogP contribution in [-0.4, -0.2) is 60.3 Å². The molecule has 1 atom stereocenters. The average molecular weight is 342 g/mol. The average Bonchev–Trinajstić information content (AvgIpc) is 3.30. The Hall–Kier alpha value is -2.41. The molecule has 0 bridgehead atoms. The van der Waals surface area contributed by atoms with Crippen LogP contribution < -0.4 is 4.90 Å². The molecule has 132 valence electrons. The number of carbonyl (C=O) groups is 1. The van der Waals surface area contributed by atoms with E-state index in [4.69, 9.17) is 9.26 Å². The summed E-state index contributed by atoms with van der Waals surface area (Å²) in [6, 6.07) is 9.68. The second-order valence-electron chi connectivity index (χ2n) is 6.52. The number of hydrogen-bond donors (Lipinski definition) is 0. The number of ether oxygens (including phenoxy) is 1. The Morgan fingerprint density at radius 1 is 1.12 bits per heavy atom. The molecule has 0 saturated carbocycles. The Labute approximate surface area is 146 Å². The molecule has 25 heavy (non-hydrogen) atoms. The molecule has 2 aromatic rings. The van der Waals surface area contributed by atoms with Crippen LogP contribution in [0.1, 0.15) is 12.8 Å². The largest absolute Gasteiger partial charge is 0.379 e. The van der Waals surface area contributed by atoms with Gasteiger partial charge in [-0.25, -0.2) is 0 Å². The summed E-state index contributed by atoms with van der Waals surface area (Å²) in [6.07, 6.45) is 2.18. The molecule has 4 rings (SSSR count). The smallest absolute Gasteiger partial charge is 0.266 e. The molecule has 2 aliphatic heterocycles. The molecule has 0 N–H and O–H groups in total. The summed E-state index contributed by atoms with van der Waals surface area (Å²) in [5.41, 5.74) is 0.886. The number of likely N-dealkylation sites (tertiary alicyclic amines) is 1. The third kappa shape index (κ3) is 3.51. The SMILES string of the molecule is O=C(C1COCCN(c2noc(-c3ccccc3)n2)C1)N1CCCC1. The zero-order chi connectivity index (χ0) is 17.1. The fourth-order valence-electron chi connectivity index (χ4n) is 3.38. The standard InChI is InChI=1S/C18H22N4O3/c23-17(21-8-4-5-9-21)15-12-22(10-11-24-13-15)18-19-16(25-20-18)14-6-2-1-3-7-14/h1-3,6-7,15H,4-5,8-13H2. The molecular weight excluding hydrogens is 320 g/mol. The first-order chi connectivity index (χ1) is 12.3. The molecule has 0 aliphatic carbocycles. The fraction of sp³-hybridized carbons (Fsp3) is 0.500. The maximum absolute atomic E-state index is 12.7. The van der Waals surface area contributed by atoms with E-state index in [0.717, 1.165) is 31.5 Å². The van der Waals surface area contributed by atoms with E-state index >= 15 is 0 Å². The lowest BCUT2D eigenvalue weighted by Crippen LogP contribution is -2.41. The summed E-state index contributed by atoms with van der Waals surface area (Å²) >= 11 is 0. The normalized spacial score (nSPS) is 21.4. The third-order valence-corrected chi connectivity index (χ3v) is 4.75. The highest BCUT2D eigenvalue weighted by Gasteiger charge is 2.31. The van der Waals surface area contributed by atoms with E-state index in [1.807, 2.05) is 40.1 Å². The summed E-state index contributed by atoms with van der Waals surface area (Å²) in [6.45, 7) is 3.93. The first-order valence-corrected chi connectivity index (χ1v) is 8.82. The minimum absolute atomic E-state index is 0.177. The van der Waals surface area contributed by atoms with E-state index in [-0.39, 0.29) is 11.8 Å². The van der Waals surface area contributed by atoms with Gasteiger partial charge in [0.15, 0.2) is 0 Å². The van der Waals surface area contributed by atoms with Crippen LogP contribution in [0.15, 0.2) is 34.9 Å². The molecule has 2 saturated heterocycles. The van der Waals surface area contributed by atoms with E-state index < -0.39 is 0 Å². The lowest BCUT2D eigenvalue weighted by molar-refractivity contribution is -0.135. The zero-order valence-electron chi connectivity index (χ0n) is 14.1. The van der Waals surface area contributed by atoms with Crippen LogP contribution >= 0.6 is 0 Å². The van der Waals surface area contributed by atoms with Crippen molar-refractivity contribution in [1.82, 2.24) is 15.0 Å². The topological polar surface area (TPSA) is 71.7 Å². The van der Waals surface area contributed by atoms with Crippen molar-refractivity contribution in [3.63, 3.8) is 0 Å². The first-order valence-electron chi connectivity index (χ1n) is 8.82. The summed E-state index contributed by atoms with van der Waals surface area (Å²) in [4.78, 5) is 21.2. The van der Waals surface area contributed by atoms with Gasteiger partial charge in [-0.2, -0.15) is 4.98 Å². The number of benzene rings is 1. The predicted octanol–water partition coefficient (Wildman–Crippen LogP) is 1.81. The highest BCUT2D eigenvalue weighted by atomic mass is 16.5. The number of amides is 1. The summed E-state index contributed by atoms with van der Waals surface area (Å²) in [5, 5.41) is 4.11. The van der Waals surface area contributed by atoms with Crippen molar-refractivity contribution in [2.45, 2.75) is 12.8 Å². The van der Waals surface area contributed by atoms with Crippen molar-refractivity contribution in [2.24, 2.45) is 5.92 Å². The van der Waals surface area contributed by atoms with Gasteiger partial charge in [0.1, 0.15) is 0 Å². The third-order valence-electron chi connectivity index (χ3n) is 4.75. The van der Waals surface area contributed by atoms with E-state index in [2.05, 4.69) is 10.1 Å². The fourth-order valence-corrected chi connectivity index (χ4v) is 3.38. The predicted molar refractivity (Wildman–Crippen MR) is 92.1 cm³/mol. The summed E-state index contributed by atoms with van der Waals surface area (Å²) in [7, 11) is 0. The van der Waals surface area contributed by atoms with Crippen LogP contribution in [0.3, 0.4) is 0 Å². The summed E-state index contributed by atoms with van der Waals surface area (Å²) < 4.78 is 11.1. The molecule has 0 radical (unpaired) electrons. The number of anilines is 1. The lowest BCUT2D eigenvalue weighted by atomic mass is 10.1. The maximum Gasteiger partial charge on any atom is 0.266 e. The van der Waals surface area contributed by atoms with Crippen molar-refractivity contribution >= 4 is 11.9 Å². The van der Waals surface area contributed by atoms with Crippen molar-refractivity contribution < 1.29 is 14.1 Å². The Kier molecular flexibility index (Phi) is 4.65. The van der Waals surface area contributed by atoms with E-state index in [1.165, 1.54) is 0 Å². The monoisotopic (exact) mass is 342 g/mol. The number of carbonyl (C=O) groups excluding carboxylic acids is 1. The molecule has 7 heteroatoms. The number of hydrogen-bond acceptors (Lipinski definition) is 6. The molecule has 1 unspecified atom stereocenters. The molecule has 0 spiro atoms. The van der Waals surface area contributed by atoms with Gasteiger partial charge in [-0.3, -0.25) is 4.79 Å². The van der Waals surface area contributed by atoms with Crippen LogP contribution in [0.5, 0.6) is 0 Å². The van der Waals surface area contributed by atoms with Crippen LogP contribution in [0, 0.1) is 5.92 Å². The molecular formula is C18H22N4O3. The van der Waals surface area contributed by atoms with Crippen molar-refractivity contribution in [3.8, 4) is 11.5 Å². The van der Waals surface area contributed by atoms with Gasteiger partial charge in [0.05, 0.1) is 19.1 Å². The highest BCUT2D eigenvalue weighted by molar-refractivity contribution is 5.80. The van der Waals surface area contributed by atoms with Crippen molar-refractivity contribution in [3.05, 3.63) is 30.3 Å². The minimum Gasteiger partial charge on any atom is -0.379 e. The Balaban J connectivity index is 1.49. The van der Waals surface area contributed by atoms with Crippen molar-refractivity contribution in [2.75, 3.05) is 44.3 Å². The molecule has 1 aromatic heterocycles. The molecule has 3 heterocycles. The highest BCUT2D eigenvalue weighted by Crippen LogP contribution is 2.22. The maximum atomic E-state index is 12.7. The van der Waals surface area contributed by atoms with E-state index in [0.29, 0.717) is 38.1 Å². The van der Waals surface area contributed by atoms with Gasteiger partial charge >= 0.3 is 0 Å². The number of rotatable bonds is 3. The Morgan fingerprint density at radius 3 is 2.72 bits per heavy atom. The second kappa shape index (κ2) is 7.23. The van der Waals surface area contributed by atoms with Crippen LogP contribution in [0.2, 0.25) is 0 Å². The minimum atomic E-state index is -0.181.